The molecule has 6 nitrogen and oxygen atoms in total. The van der Waals surface area contributed by atoms with Crippen LogP contribution < -0.4 is 10.1 Å². The highest BCUT2D eigenvalue weighted by molar-refractivity contribution is 7.89. The van der Waals surface area contributed by atoms with Crippen molar-refractivity contribution in [3.8, 4) is 5.75 Å². The summed E-state index contributed by atoms with van der Waals surface area (Å²) in [6, 6.07) is 13.7. The van der Waals surface area contributed by atoms with Crippen molar-refractivity contribution in [1.82, 2.24) is 4.31 Å². The second-order valence-electron chi connectivity index (χ2n) is 6.47. The zero-order chi connectivity index (χ0) is 19.4. The molecule has 1 amide bonds. The first-order valence-corrected chi connectivity index (χ1v) is 10.5. The molecule has 0 radical (unpaired) electrons. The third-order valence-corrected chi connectivity index (χ3v) is 6.69. The van der Waals surface area contributed by atoms with Gasteiger partial charge in [0.25, 0.3) is 0 Å². The molecular weight excluding hydrogens is 364 g/mol. The highest BCUT2D eigenvalue weighted by Gasteiger charge is 2.36. The highest BCUT2D eigenvalue weighted by Crippen LogP contribution is 2.37. The van der Waals surface area contributed by atoms with E-state index in [1.54, 1.807) is 42.6 Å². The number of carbonyl (C=O) groups excluding carboxylic acids is 1. The Morgan fingerprint density at radius 2 is 1.81 bits per heavy atom. The maximum atomic E-state index is 13.1. The van der Waals surface area contributed by atoms with Crippen molar-refractivity contribution in [1.29, 1.82) is 0 Å². The number of rotatable bonds is 6. The van der Waals surface area contributed by atoms with E-state index in [9.17, 15) is 13.2 Å². The van der Waals surface area contributed by atoms with Crippen LogP contribution in [0.25, 0.3) is 0 Å². The highest BCUT2D eigenvalue weighted by atomic mass is 32.2. The van der Waals surface area contributed by atoms with Crippen molar-refractivity contribution in [2.24, 2.45) is 0 Å². The predicted molar refractivity (Wildman–Crippen MR) is 104 cm³/mol. The lowest BCUT2D eigenvalue weighted by Crippen LogP contribution is -2.30. The van der Waals surface area contributed by atoms with Crippen molar-refractivity contribution < 1.29 is 17.9 Å². The van der Waals surface area contributed by atoms with Gasteiger partial charge in [0, 0.05) is 18.7 Å². The molecular formula is C20H24N2O4S. The Balaban J connectivity index is 1.83. The fourth-order valence-electron chi connectivity index (χ4n) is 3.28. The van der Waals surface area contributed by atoms with Crippen LogP contribution in [-0.2, 0) is 14.8 Å². The quantitative estimate of drug-likeness (QED) is 0.821. The lowest BCUT2D eigenvalue weighted by Gasteiger charge is -2.24. The van der Waals surface area contributed by atoms with E-state index in [0.717, 1.165) is 24.2 Å². The molecule has 1 aliphatic rings. The van der Waals surface area contributed by atoms with Crippen LogP contribution >= 0.6 is 0 Å². The van der Waals surface area contributed by atoms with Gasteiger partial charge in [0.1, 0.15) is 5.75 Å². The van der Waals surface area contributed by atoms with Gasteiger partial charge in [-0.25, -0.2) is 8.42 Å². The molecule has 3 rings (SSSR count). The van der Waals surface area contributed by atoms with Gasteiger partial charge in [0.15, 0.2) is 0 Å². The summed E-state index contributed by atoms with van der Waals surface area (Å²) in [5.74, 6) is 0.639. The first-order chi connectivity index (χ1) is 13.0. The summed E-state index contributed by atoms with van der Waals surface area (Å²) in [6.45, 7) is 2.26. The second-order valence-corrected chi connectivity index (χ2v) is 8.36. The number of sulfonamides is 1. The molecule has 0 aliphatic carbocycles. The maximum Gasteiger partial charge on any atom is 0.243 e. The zero-order valence-corrected chi connectivity index (χ0v) is 16.3. The van der Waals surface area contributed by atoms with E-state index in [1.165, 1.54) is 0 Å². The summed E-state index contributed by atoms with van der Waals surface area (Å²) in [5, 5.41) is 2.73. The van der Waals surface area contributed by atoms with E-state index in [1.807, 2.05) is 24.3 Å². The molecule has 1 fully saturated rings. The molecule has 1 heterocycles. The molecule has 2 aromatic rings. The molecule has 7 heteroatoms. The Hall–Kier alpha value is -2.38. The number of carbonyl (C=O) groups is 1. The summed E-state index contributed by atoms with van der Waals surface area (Å²) in [5.41, 5.74) is 1.55. The third kappa shape index (κ3) is 4.14. The van der Waals surface area contributed by atoms with Gasteiger partial charge in [-0.3, -0.25) is 4.79 Å². The van der Waals surface area contributed by atoms with E-state index in [4.69, 9.17) is 4.74 Å². The van der Waals surface area contributed by atoms with Gasteiger partial charge in [-0.1, -0.05) is 19.1 Å². The van der Waals surface area contributed by atoms with Crippen molar-refractivity contribution in [2.45, 2.75) is 37.1 Å². The van der Waals surface area contributed by atoms with E-state index < -0.39 is 10.0 Å². The molecule has 1 saturated heterocycles. The van der Waals surface area contributed by atoms with E-state index >= 15 is 0 Å². The monoisotopic (exact) mass is 388 g/mol. The fraction of sp³-hybridized carbons (Fsp3) is 0.350. The normalized spacial score (nSPS) is 17.6. The standard InChI is InChI=1S/C20H24N2O4S/c1-3-20(23)21-16-8-12-18(13-9-16)27(24,25)22-14-4-5-19(22)15-6-10-17(26-2)11-7-15/h6-13,19H,3-5,14H2,1-2H3,(H,21,23)/t19-/m1/s1. The number of benzene rings is 2. The number of hydrogen-bond acceptors (Lipinski definition) is 4. The van der Waals surface area contributed by atoms with Gasteiger partial charge >= 0.3 is 0 Å². The summed E-state index contributed by atoms with van der Waals surface area (Å²) in [6.07, 6.45) is 1.98. The summed E-state index contributed by atoms with van der Waals surface area (Å²) < 4.78 is 33.0. The molecule has 144 valence electrons. The Morgan fingerprint density at radius 1 is 1.15 bits per heavy atom. The minimum absolute atomic E-state index is 0.107. The number of nitrogens with one attached hydrogen (secondary N) is 1. The van der Waals surface area contributed by atoms with Crippen LogP contribution in [0.1, 0.15) is 37.8 Å². The summed E-state index contributed by atoms with van der Waals surface area (Å²) in [7, 11) is -2.01. The van der Waals surface area contributed by atoms with Crippen LogP contribution in [0.2, 0.25) is 0 Å². The molecule has 1 atom stereocenters. The largest absolute Gasteiger partial charge is 0.497 e. The van der Waals surface area contributed by atoms with Crippen molar-refractivity contribution in [3.05, 3.63) is 54.1 Å². The van der Waals surface area contributed by atoms with Gasteiger partial charge in [-0.2, -0.15) is 4.31 Å². The minimum Gasteiger partial charge on any atom is -0.497 e. The number of methoxy groups -OCH3 is 1. The summed E-state index contributed by atoms with van der Waals surface area (Å²) >= 11 is 0. The molecule has 1 N–H and O–H groups in total. The van der Waals surface area contributed by atoms with Gasteiger partial charge in [0.2, 0.25) is 15.9 Å². The second kappa shape index (κ2) is 8.10. The average Bonchev–Trinajstić information content (AvgIpc) is 3.19. The van der Waals surface area contributed by atoms with Gasteiger partial charge in [-0.15, -0.1) is 0 Å². The fourth-order valence-corrected chi connectivity index (χ4v) is 4.96. The van der Waals surface area contributed by atoms with Crippen molar-refractivity contribution >= 4 is 21.6 Å². The molecule has 1 aliphatic heterocycles. The topological polar surface area (TPSA) is 75.7 Å². The van der Waals surface area contributed by atoms with Crippen molar-refractivity contribution in [2.75, 3.05) is 19.0 Å². The lowest BCUT2D eigenvalue weighted by atomic mass is 10.1. The van der Waals surface area contributed by atoms with Gasteiger partial charge < -0.3 is 10.1 Å². The maximum absolute atomic E-state index is 13.1. The van der Waals surface area contributed by atoms with Crippen molar-refractivity contribution in [3.63, 3.8) is 0 Å². The molecule has 0 spiro atoms. The smallest absolute Gasteiger partial charge is 0.243 e. The van der Waals surface area contributed by atoms with Crippen LogP contribution in [0.15, 0.2) is 53.4 Å². The number of anilines is 1. The van der Waals surface area contributed by atoms with Crippen LogP contribution in [0.5, 0.6) is 5.75 Å². The Morgan fingerprint density at radius 3 is 2.41 bits per heavy atom. The predicted octanol–water partition coefficient (Wildman–Crippen LogP) is 3.57. The minimum atomic E-state index is -3.61. The molecule has 0 aromatic heterocycles. The average molecular weight is 388 g/mol. The third-order valence-electron chi connectivity index (χ3n) is 4.77. The van der Waals surface area contributed by atoms with E-state index in [0.29, 0.717) is 18.7 Å². The number of amides is 1. The van der Waals surface area contributed by atoms with E-state index in [2.05, 4.69) is 5.32 Å². The van der Waals surface area contributed by atoms with Crippen LogP contribution in [0.4, 0.5) is 5.69 Å². The Bertz CT molecular complexity index is 893. The van der Waals surface area contributed by atoms with Crippen LogP contribution in [0.3, 0.4) is 0 Å². The zero-order valence-electron chi connectivity index (χ0n) is 15.5. The first kappa shape index (κ1) is 19.4. The first-order valence-electron chi connectivity index (χ1n) is 9.01. The van der Waals surface area contributed by atoms with Crippen LogP contribution in [-0.4, -0.2) is 32.3 Å². The van der Waals surface area contributed by atoms with Crippen LogP contribution in [0, 0.1) is 0 Å². The van der Waals surface area contributed by atoms with Gasteiger partial charge in [0.05, 0.1) is 18.0 Å². The SMILES string of the molecule is CCC(=O)Nc1ccc(S(=O)(=O)N2CCC[C@@H]2c2ccc(OC)cc2)cc1. The van der Waals surface area contributed by atoms with Gasteiger partial charge in [-0.05, 0) is 54.8 Å². The Kier molecular flexibility index (Phi) is 5.82. The molecule has 0 unspecified atom stereocenters. The lowest BCUT2D eigenvalue weighted by molar-refractivity contribution is -0.115. The summed E-state index contributed by atoms with van der Waals surface area (Å²) in [4.78, 5) is 11.7. The molecule has 0 saturated carbocycles. The number of ether oxygens (including phenoxy) is 1. The van der Waals surface area contributed by atoms with E-state index in [-0.39, 0.29) is 16.8 Å². The number of nitrogens with zero attached hydrogens (tertiary/aromatic N) is 1. The molecule has 27 heavy (non-hydrogen) atoms. The molecule has 0 bridgehead atoms. The number of hydrogen-bond donors (Lipinski definition) is 1. The molecule has 2 aromatic carbocycles. The Labute approximate surface area is 160 Å².